The lowest BCUT2D eigenvalue weighted by Crippen LogP contribution is -2.52. The van der Waals surface area contributed by atoms with Crippen molar-refractivity contribution in [2.24, 2.45) is 5.92 Å². The van der Waals surface area contributed by atoms with Gasteiger partial charge in [0.1, 0.15) is 0 Å². The van der Waals surface area contributed by atoms with Crippen molar-refractivity contribution < 1.29 is 14.3 Å². The van der Waals surface area contributed by atoms with E-state index in [4.69, 9.17) is 0 Å². The smallest absolute Gasteiger partial charge is 0.312 e. The van der Waals surface area contributed by atoms with E-state index in [0.29, 0.717) is 13.1 Å². The van der Waals surface area contributed by atoms with E-state index in [1.165, 1.54) is 13.2 Å². The second kappa shape index (κ2) is 3.38. The van der Waals surface area contributed by atoms with Crippen molar-refractivity contribution in [3.05, 3.63) is 12.7 Å². The summed E-state index contributed by atoms with van der Waals surface area (Å²) in [7, 11) is 1.35. The van der Waals surface area contributed by atoms with Crippen LogP contribution in [0.1, 0.15) is 0 Å². The van der Waals surface area contributed by atoms with Gasteiger partial charge < -0.3 is 9.64 Å². The second-order valence-corrected chi connectivity index (χ2v) is 2.67. The van der Waals surface area contributed by atoms with Crippen molar-refractivity contribution in [3.63, 3.8) is 0 Å². The number of hydrogen-bond acceptors (Lipinski definition) is 3. The number of ether oxygens (including phenoxy) is 1. The van der Waals surface area contributed by atoms with Crippen LogP contribution in [0, 0.1) is 5.92 Å². The van der Waals surface area contributed by atoms with Crippen LogP contribution in [0.15, 0.2) is 12.7 Å². The van der Waals surface area contributed by atoms with Crippen LogP contribution in [0.25, 0.3) is 0 Å². The number of methoxy groups -OCH3 is 1. The molecule has 4 nitrogen and oxygen atoms in total. The molecule has 0 aromatic carbocycles. The Balaban J connectivity index is 2.33. The number of likely N-dealkylation sites (tertiary alicyclic amines) is 1. The monoisotopic (exact) mass is 169 g/mol. The molecule has 12 heavy (non-hydrogen) atoms. The van der Waals surface area contributed by atoms with Crippen molar-refractivity contribution in [1.29, 1.82) is 0 Å². The zero-order valence-electron chi connectivity index (χ0n) is 6.95. The molecule has 1 aliphatic rings. The molecule has 1 rings (SSSR count). The lowest BCUT2D eigenvalue weighted by molar-refractivity contribution is -0.154. The fourth-order valence-electron chi connectivity index (χ4n) is 1.10. The van der Waals surface area contributed by atoms with Gasteiger partial charge in [0.25, 0.3) is 0 Å². The van der Waals surface area contributed by atoms with Crippen LogP contribution in [0.5, 0.6) is 0 Å². The number of carbonyl (C=O) groups excluding carboxylic acids is 2. The fraction of sp³-hybridized carbons (Fsp3) is 0.500. The van der Waals surface area contributed by atoms with Gasteiger partial charge in [0.15, 0.2) is 0 Å². The highest BCUT2D eigenvalue weighted by molar-refractivity contribution is 5.89. The van der Waals surface area contributed by atoms with Gasteiger partial charge in [-0.05, 0) is 6.08 Å². The van der Waals surface area contributed by atoms with Crippen LogP contribution in [-0.4, -0.2) is 37.0 Å². The van der Waals surface area contributed by atoms with Crippen LogP contribution in [-0.2, 0) is 14.3 Å². The maximum atomic E-state index is 10.9. The minimum Gasteiger partial charge on any atom is -0.469 e. The quantitative estimate of drug-likeness (QED) is 0.425. The van der Waals surface area contributed by atoms with Gasteiger partial charge in [-0.1, -0.05) is 6.58 Å². The van der Waals surface area contributed by atoms with Crippen LogP contribution in [0.2, 0.25) is 0 Å². The molecule has 1 aliphatic heterocycles. The van der Waals surface area contributed by atoms with Gasteiger partial charge >= 0.3 is 5.97 Å². The van der Waals surface area contributed by atoms with E-state index in [9.17, 15) is 9.59 Å². The van der Waals surface area contributed by atoms with Crippen LogP contribution in [0.4, 0.5) is 0 Å². The first-order valence-corrected chi connectivity index (χ1v) is 3.68. The Morgan fingerprint density at radius 2 is 2.17 bits per heavy atom. The van der Waals surface area contributed by atoms with Gasteiger partial charge in [0.2, 0.25) is 5.91 Å². The highest BCUT2D eigenvalue weighted by Crippen LogP contribution is 2.16. The fourth-order valence-corrected chi connectivity index (χ4v) is 1.10. The molecule has 0 aliphatic carbocycles. The van der Waals surface area contributed by atoms with Gasteiger partial charge in [-0.25, -0.2) is 0 Å². The lowest BCUT2D eigenvalue weighted by atomic mass is 10.0. The Bertz CT molecular complexity index is 218. The predicted molar refractivity (Wildman–Crippen MR) is 42.3 cm³/mol. The van der Waals surface area contributed by atoms with Crippen molar-refractivity contribution >= 4 is 11.9 Å². The minimum absolute atomic E-state index is 0.129. The number of rotatable bonds is 2. The van der Waals surface area contributed by atoms with Crippen molar-refractivity contribution in [3.8, 4) is 0 Å². The molecule has 0 aromatic heterocycles. The van der Waals surface area contributed by atoms with Crippen molar-refractivity contribution in [2.75, 3.05) is 20.2 Å². The van der Waals surface area contributed by atoms with Gasteiger partial charge in [-0.2, -0.15) is 0 Å². The molecule has 0 unspecified atom stereocenters. The molecule has 4 heteroatoms. The van der Waals surface area contributed by atoms with E-state index >= 15 is 0 Å². The van der Waals surface area contributed by atoms with Crippen molar-refractivity contribution in [1.82, 2.24) is 4.90 Å². The van der Waals surface area contributed by atoms with E-state index in [-0.39, 0.29) is 17.8 Å². The summed E-state index contributed by atoms with van der Waals surface area (Å²) >= 11 is 0. The van der Waals surface area contributed by atoms with Crippen molar-refractivity contribution in [2.45, 2.75) is 0 Å². The maximum absolute atomic E-state index is 10.9. The normalized spacial score (nSPS) is 16.6. The average molecular weight is 169 g/mol. The summed E-state index contributed by atoms with van der Waals surface area (Å²) in [4.78, 5) is 23.3. The first kappa shape index (κ1) is 8.77. The number of amides is 1. The summed E-state index contributed by atoms with van der Waals surface area (Å²) in [5.41, 5.74) is 0. The minimum atomic E-state index is -0.247. The van der Waals surface area contributed by atoms with E-state index in [2.05, 4.69) is 11.3 Å². The standard InChI is InChI=1S/C8H11NO3/c1-3-7(10)9-4-6(5-9)8(11)12-2/h3,6H,1,4-5H2,2H3. The van der Waals surface area contributed by atoms with Gasteiger partial charge in [-0.15, -0.1) is 0 Å². The predicted octanol–water partition coefficient (Wildman–Crippen LogP) is -0.196. The summed E-state index contributed by atoms with van der Waals surface area (Å²) in [5, 5.41) is 0. The molecular formula is C8H11NO3. The third-order valence-electron chi connectivity index (χ3n) is 1.90. The number of hydrogen-bond donors (Lipinski definition) is 0. The highest BCUT2D eigenvalue weighted by atomic mass is 16.5. The summed E-state index contributed by atoms with van der Waals surface area (Å²) in [6.45, 7) is 4.26. The third kappa shape index (κ3) is 1.47. The lowest BCUT2D eigenvalue weighted by Gasteiger charge is -2.36. The molecule has 0 aromatic rings. The Labute approximate surface area is 70.8 Å². The Morgan fingerprint density at radius 3 is 2.58 bits per heavy atom. The molecular weight excluding hydrogens is 158 g/mol. The molecule has 0 saturated carbocycles. The van der Waals surface area contributed by atoms with Crippen LogP contribution in [0.3, 0.4) is 0 Å². The Kier molecular flexibility index (Phi) is 2.47. The summed E-state index contributed by atoms with van der Waals surface area (Å²) in [6.07, 6.45) is 1.24. The number of esters is 1. The topological polar surface area (TPSA) is 46.6 Å². The van der Waals surface area contributed by atoms with E-state index in [1.807, 2.05) is 0 Å². The highest BCUT2D eigenvalue weighted by Gasteiger charge is 2.35. The van der Waals surface area contributed by atoms with Crippen LogP contribution < -0.4 is 0 Å². The molecule has 66 valence electrons. The Morgan fingerprint density at radius 1 is 1.58 bits per heavy atom. The molecule has 0 spiro atoms. The largest absolute Gasteiger partial charge is 0.469 e. The van der Waals surface area contributed by atoms with Gasteiger partial charge in [0.05, 0.1) is 13.0 Å². The second-order valence-electron chi connectivity index (χ2n) is 2.67. The van der Waals surface area contributed by atoms with E-state index in [1.54, 1.807) is 4.90 Å². The zero-order chi connectivity index (χ0) is 9.14. The molecule has 1 amide bonds. The third-order valence-corrected chi connectivity index (χ3v) is 1.90. The van der Waals surface area contributed by atoms with E-state index < -0.39 is 0 Å². The van der Waals surface area contributed by atoms with E-state index in [0.717, 1.165) is 0 Å². The molecule has 0 radical (unpaired) electrons. The SMILES string of the molecule is C=CC(=O)N1CC(C(=O)OC)C1. The summed E-state index contributed by atoms with van der Waals surface area (Å²) < 4.78 is 4.51. The molecule has 1 heterocycles. The maximum Gasteiger partial charge on any atom is 0.312 e. The molecule has 0 bridgehead atoms. The molecule has 1 fully saturated rings. The summed E-state index contributed by atoms with van der Waals surface area (Å²) in [5.74, 6) is -0.517. The molecule has 0 N–H and O–H groups in total. The average Bonchev–Trinajstić information content (AvgIpc) is 2.01. The van der Waals surface area contributed by atoms with Gasteiger partial charge in [-0.3, -0.25) is 9.59 Å². The molecule has 1 saturated heterocycles. The van der Waals surface area contributed by atoms with Gasteiger partial charge in [0, 0.05) is 13.1 Å². The Hall–Kier alpha value is -1.32. The zero-order valence-corrected chi connectivity index (χ0v) is 6.95. The van der Waals surface area contributed by atoms with Crippen LogP contribution >= 0.6 is 0 Å². The number of nitrogens with zero attached hydrogens (tertiary/aromatic N) is 1. The summed E-state index contributed by atoms with van der Waals surface area (Å²) in [6, 6.07) is 0. The number of carbonyl (C=O) groups is 2. The first-order chi connectivity index (χ1) is 5.69. The molecule has 0 atom stereocenters. The first-order valence-electron chi connectivity index (χ1n) is 3.68.